The van der Waals surface area contributed by atoms with Crippen molar-refractivity contribution >= 4 is 23.5 Å². The summed E-state index contributed by atoms with van der Waals surface area (Å²) in [5.41, 5.74) is 0.842. The summed E-state index contributed by atoms with van der Waals surface area (Å²) in [5.74, 6) is -1.63. The highest BCUT2D eigenvalue weighted by molar-refractivity contribution is 5.96. The number of hydrogen-bond donors (Lipinski definition) is 1. The van der Waals surface area contributed by atoms with E-state index in [4.69, 9.17) is 9.84 Å². The smallest absolute Gasteiger partial charge is 0.338 e. The van der Waals surface area contributed by atoms with E-state index in [1.807, 2.05) is 6.92 Å². The molecule has 0 fully saturated rings. The molecule has 6 nitrogen and oxygen atoms in total. The van der Waals surface area contributed by atoms with Gasteiger partial charge in [-0.25, -0.2) is 4.79 Å². The van der Waals surface area contributed by atoms with Gasteiger partial charge in [0, 0.05) is 18.7 Å². The summed E-state index contributed by atoms with van der Waals surface area (Å²) >= 11 is 0. The maximum Gasteiger partial charge on any atom is 0.338 e. The normalized spacial score (nSPS) is 10.1. The van der Waals surface area contributed by atoms with Crippen LogP contribution < -0.4 is 4.90 Å². The number of esters is 1. The molecule has 0 aromatic heterocycles. The van der Waals surface area contributed by atoms with Crippen molar-refractivity contribution in [3.63, 3.8) is 0 Å². The van der Waals surface area contributed by atoms with Crippen LogP contribution >= 0.6 is 0 Å². The molecule has 120 valence electrons. The quantitative estimate of drug-likeness (QED) is 0.746. The molecule has 0 bridgehead atoms. The van der Waals surface area contributed by atoms with Crippen LogP contribution in [0, 0.1) is 0 Å². The van der Waals surface area contributed by atoms with E-state index in [9.17, 15) is 14.4 Å². The zero-order chi connectivity index (χ0) is 16.5. The average Bonchev–Trinajstić information content (AvgIpc) is 2.52. The molecule has 6 heteroatoms. The summed E-state index contributed by atoms with van der Waals surface area (Å²) < 4.78 is 5.06. The van der Waals surface area contributed by atoms with E-state index in [-0.39, 0.29) is 25.3 Å². The summed E-state index contributed by atoms with van der Waals surface area (Å²) in [4.78, 5) is 36.0. The number of aliphatic carboxylic acids is 1. The number of anilines is 1. The summed E-state index contributed by atoms with van der Waals surface area (Å²) in [6.07, 6.45) is 0.824. The highest BCUT2D eigenvalue weighted by Gasteiger charge is 2.17. The van der Waals surface area contributed by atoms with E-state index in [0.29, 0.717) is 17.9 Å². The summed E-state index contributed by atoms with van der Waals surface area (Å²) in [6, 6.07) is 6.47. The molecule has 0 aliphatic carbocycles. The lowest BCUT2D eigenvalue weighted by Gasteiger charge is -2.22. The van der Waals surface area contributed by atoms with Crippen LogP contribution in [0.5, 0.6) is 0 Å². The Morgan fingerprint density at radius 3 is 2.55 bits per heavy atom. The third-order valence-electron chi connectivity index (χ3n) is 2.98. The molecule has 0 unspecified atom stereocenters. The van der Waals surface area contributed by atoms with Crippen molar-refractivity contribution < 1.29 is 24.2 Å². The van der Waals surface area contributed by atoms with Gasteiger partial charge in [-0.2, -0.15) is 0 Å². The summed E-state index contributed by atoms with van der Waals surface area (Å²) in [5, 5.41) is 8.79. The SMILES string of the molecule is CCCOC(=O)c1cccc(N(CCC(=O)O)C(=O)CC)c1. The van der Waals surface area contributed by atoms with E-state index in [1.54, 1.807) is 31.2 Å². The topological polar surface area (TPSA) is 83.9 Å². The predicted octanol–water partition coefficient (Wildman–Crippen LogP) is 2.47. The number of rotatable bonds is 8. The molecule has 1 amide bonds. The third kappa shape index (κ3) is 5.20. The minimum absolute atomic E-state index is 0.0649. The first-order chi connectivity index (χ1) is 10.5. The van der Waals surface area contributed by atoms with Gasteiger partial charge in [-0.3, -0.25) is 9.59 Å². The zero-order valence-electron chi connectivity index (χ0n) is 12.9. The van der Waals surface area contributed by atoms with Crippen LogP contribution in [0.3, 0.4) is 0 Å². The lowest BCUT2D eigenvalue weighted by atomic mass is 10.1. The number of carboxylic acid groups (broad SMARTS) is 1. The first-order valence-electron chi connectivity index (χ1n) is 7.28. The first-order valence-corrected chi connectivity index (χ1v) is 7.28. The fraction of sp³-hybridized carbons (Fsp3) is 0.438. The molecule has 0 saturated heterocycles. The molecule has 1 aromatic rings. The van der Waals surface area contributed by atoms with Crippen molar-refractivity contribution in [3.8, 4) is 0 Å². The van der Waals surface area contributed by atoms with E-state index in [2.05, 4.69) is 0 Å². The first kappa shape index (κ1) is 17.7. The average molecular weight is 307 g/mol. The van der Waals surface area contributed by atoms with Gasteiger partial charge in [0.1, 0.15) is 0 Å². The Morgan fingerprint density at radius 1 is 1.23 bits per heavy atom. The second-order valence-corrected chi connectivity index (χ2v) is 4.73. The van der Waals surface area contributed by atoms with E-state index < -0.39 is 11.9 Å². The predicted molar refractivity (Wildman–Crippen MR) is 81.9 cm³/mol. The van der Waals surface area contributed by atoms with Crippen LogP contribution in [0.15, 0.2) is 24.3 Å². The van der Waals surface area contributed by atoms with Gasteiger partial charge in [0.05, 0.1) is 18.6 Å². The van der Waals surface area contributed by atoms with Crippen molar-refractivity contribution in [2.24, 2.45) is 0 Å². The number of carbonyl (C=O) groups excluding carboxylic acids is 2. The van der Waals surface area contributed by atoms with Gasteiger partial charge in [0.25, 0.3) is 0 Å². The highest BCUT2D eigenvalue weighted by Crippen LogP contribution is 2.18. The minimum atomic E-state index is -0.979. The maximum absolute atomic E-state index is 12.0. The van der Waals surface area contributed by atoms with Crippen LogP contribution in [0.1, 0.15) is 43.5 Å². The van der Waals surface area contributed by atoms with E-state index in [1.165, 1.54) is 4.90 Å². The zero-order valence-corrected chi connectivity index (χ0v) is 12.9. The second kappa shape index (κ2) is 8.81. The van der Waals surface area contributed by atoms with E-state index in [0.717, 1.165) is 6.42 Å². The molecule has 0 atom stereocenters. The Hall–Kier alpha value is -2.37. The molecule has 1 aromatic carbocycles. The van der Waals surface area contributed by atoms with Gasteiger partial charge in [-0.15, -0.1) is 0 Å². The maximum atomic E-state index is 12.0. The minimum Gasteiger partial charge on any atom is -0.481 e. The fourth-order valence-corrected chi connectivity index (χ4v) is 1.87. The van der Waals surface area contributed by atoms with Crippen LogP contribution in [-0.4, -0.2) is 36.1 Å². The van der Waals surface area contributed by atoms with Crippen LogP contribution in [0.4, 0.5) is 5.69 Å². The van der Waals surface area contributed by atoms with Crippen LogP contribution in [0.2, 0.25) is 0 Å². The second-order valence-electron chi connectivity index (χ2n) is 4.73. The molecule has 0 aliphatic heterocycles. The number of amides is 1. The molecule has 0 saturated carbocycles. The molecule has 0 heterocycles. The van der Waals surface area contributed by atoms with Crippen molar-refractivity contribution in [2.45, 2.75) is 33.1 Å². The Kier molecular flexibility index (Phi) is 7.08. The molecule has 0 radical (unpaired) electrons. The van der Waals surface area contributed by atoms with Gasteiger partial charge >= 0.3 is 11.9 Å². The van der Waals surface area contributed by atoms with Crippen molar-refractivity contribution in [1.82, 2.24) is 0 Å². The lowest BCUT2D eigenvalue weighted by molar-refractivity contribution is -0.136. The molecule has 1 rings (SSSR count). The third-order valence-corrected chi connectivity index (χ3v) is 2.98. The van der Waals surface area contributed by atoms with Crippen LogP contribution in [-0.2, 0) is 14.3 Å². The molecule has 1 N–H and O–H groups in total. The number of carboxylic acids is 1. The Balaban J connectivity index is 2.96. The highest BCUT2D eigenvalue weighted by atomic mass is 16.5. The van der Waals surface area contributed by atoms with Crippen molar-refractivity contribution in [3.05, 3.63) is 29.8 Å². The number of nitrogens with zero attached hydrogens (tertiary/aromatic N) is 1. The number of benzene rings is 1. The molecule has 22 heavy (non-hydrogen) atoms. The monoisotopic (exact) mass is 307 g/mol. The van der Waals surface area contributed by atoms with Gasteiger partial charge in [-0.05, 0) is 24.6 Å². The molecule has 0 aliphatic rings. The molecular weight excluding hydrogens is 286 g/mol. The van der Waals surface area contributed by atoms with Gasteiger partial charge in [0.2, 0.25) is 5.91 Å². The Bertz CT molecular complexity index is 541. The summed E-state index contributed by atoms with van der Waals surface area (Å²) in [7, 11) is 0. The molecule has 0 spiro atoms. The fourth-order valence-electron chi connectivity index (χ4n) is 1.87. The van der Waals surface area contributed by atoms with Gasteiger partial charge < -0.3 is 14.7 Å². The number of hydrogen-bond acceptors (Lipinski definition) is 4. The van der Waals surface area contributed by atoms with Crippen LogP contribution in [0.25, 0.3) is 0 Å². The van der Waals surface area contributed by atoms with Crippen molar-refractivity contribution in [2.75, 3.05) is 18.1 Å². The number of ether oxygens (including phenoxy) is 1. The van der Waals surface area contributed by atoms with Gasteiger partial charge in [0.15, 0.2) is 0 Å². The lowest BCUT2D eigenvalue weighted by Crippen LogP contribution is -2.32. The largest absolute Gasteiger partial charge is 0.481 e. The standard InChI is InChI=1S/C16H21NO5/c1-3-10-22-16(21)12-6-5-7-13(11-12)17(14(18)4-2)9-8-15(19)20/h5-7,11H,3-4,8-10H2,1-2H3,(H,19,20). The Morgan fingerprint density at radius 2 is 1.95 bits per heavy atom. The van der Waals surface area contributed by atoms with Gasteiger partial charge in [-0.1, -0.05) is 19.9 Å². The van der Waals surface area contributed by atoms with E-state index >= 15 is 0 Å². The Labute approximate surface area is 129 Å². The molecular formula is C16H21NO5. The number of carbonyl (C=O) groups is 3. The summed E-state index contributed by atoms with van der Waals surface area (Å²) in [6.45, 7) is 4.00. The van der Waals surface area contributed by atoms with Crippen molar-refractivity contribution in [1.29, 1.82) is 0 Å².